The number of nitrogens with zero attached hydrogens (tertiary/aromatic N) is 1. The highest BCUT2D eigenvalue weighted by atomic mass is 15.2. The van der Waals surface area contributed by atoms with Crippen LogP contribution in [0.3, 0.4) is 0 Å². The summed E-state index contributed by atoms with van der Waals surface area (Å²) in [7, 11) is 0. The zero-order valence-corrected chi connectivity index (χ0v) is 11.0. The summed E-state index contributed by atoms with van der Waals surface area (Å²) in [6, 6.07) is 0.769. The molecule has 1 saturated heterocycles. The maximum atomic E-state index is 3.79. The Bertz CT molecular complexity index is 201. The molecular formula is C14H28N2. The van der Waals surface area contributed by atoms with Crippen LogP contribution in [-0.4, -0.2) is 37.1 Å². The third-order valence-electron chi connectivity index (χ3n) is 4.12. The van der Waals surface area contributed by atoms with Crippen LogP contribution in [0.2, 0.25) is 0 Å². The van der Waals surface area contributed by atoms with E-state index in [-0.39, 0.29) is 0 Å². The normalized spacial score (nSPS) is 31.9. The standard InChI is InChI=1S/C14H28N2/c1-3-7-16-10-12(4-2)8-14(11-16)15-9-13-5-6-13/h12-15H,3-11H2,1-2H3. The largest absolute Gasteiger partial charge is 0.312 e. The number of rotatable bonds is 6. The van der Waals surface area contributed by atoms with Crippen molar-refractivity contribution in [1.82, 2.24) is 10.2 Å². The molecule has 1 N–H and O–H groups in total. The maximum absolute atomic E-state index is 3.79. The van der Waals surface area contributed by atoms with Crippen LogP contribution in [0.4, 0.5) is 0 Å². The number of hydrogen-bond donors (Lipinski definition) is 1. The topological polar surface area (TPSA) is 15.3 Å². The number of nitrogens with one attached hydrogen (secondary N) is 1. The molecule has 94 valence electrons. The van der Waals surface area contributed by atoms with Crippen molar-refractivity contribution in [2.75, 3.05) is 26.2 Å². The molecule has 0 aromatic carbocycles. The molecule has 0 aromatic rings. The molecule has 1 heterocycles. The molecule has 16 heavy (non-hydrogen) atoms. The maximum Gasteiger partial charge on any atom is 0.0198 e. The predicted octanol–water partition coefficient (Wildman–Crippen LogP) is 2.50. The second kappa shape index (κ2) is 6.02. The smallest absolute Gasteiger partial charge is 0.0198 e. The van der Waals surface area contributed by atoms with E-state index in [4.69, 9.17) is 0 Å². The molecule has 2 aliphatic rings. The monoisotopic (exact) mass is 224 g/mol. The van der Waals surface area contributed by atoms with E-state index in [0.717, 1.165) is 17.9 Å². The molecule has 0 radical (unpaired) electrons. The highest BCUT2D eigenvalue weighted by molar-refractivity contribution is 4.85. The molecule has 0 bridgehead atoms. The zero-order chi connectivity index (χ0) is 11.4. The summed E-state index contributed by atoms with van der Waals surface area (Å²) in [5.74, 6) is 1.94. The molecule has 2 rings (SSSR count). The molecule has 2 fully saturated rings. The van der Waals surface area contributed by atoms with Crippen molar-refractivity contribution in [1.29, 1.82) is 0 Å². The number of likely N-dealkylation sites (tertiary alicyclic amines) is 1. The van der Waals surface area contributed by atoms with Gasteiger partial charge >= 0.3 is 0 Å². The molecular weight excluding hydrogens is 196 g/mol. The summed E-state index contributed by atoms with van der Waals surface area (Å²) in [6.45, 7) is 9.84. The van der Waals surface area contributed by atoms with Gasteiger partial charge in [-0.05, 0) is 50.6 Å². The first-order chi connectivity index (χ1) is 7.81. The van der Waals surface area contributed by atoms with Gasteiger partial charge in [0, 0.05) is 19.1 Å². The van der Waals surface area contributed by atoms with Crippen molar-refractivity contribution in [3.63, 3.8) is 0 Å². The average Bonchev–Trinajstić information content (AvgIpc) is 3.10. The van der Waals surface area contributed by atoms with Crippen LogP contribution in [0.25, 0.3) is 0 Å². The van der Waals surface area contributed by atoms with Crippen molar-refractivity contribution in [3.8, 4) is 0 Å². The van der Waals surface area contributed by atoms with Gasteiger partial charge in [0.15, 0.2) is 0 Å². The Hall–Kier alpha value is -0.0800. The number of hydrogen-bond acceptors (Lipinski definition) is 2. The molecule has 1 saturated carbocycles. The third-order valence-corrected chi connectivity index (χ3v) is 4.12. The molecule has 2 heteroatoms. The van der Waals surface area contributed by atoms with Crippen LogP contribution in [0.5, 0.6) is 0 Å². The number of piperidine rings is 1. The molecule has 2 nitrogen and oxygen atoms in total. The predicted molar refractivity (Wildman–Crippen MR) is 69.6 cm³/mol. The lowest BCUT2D eigenvalue weighted by Gasteiger charge is -2.38. The van der Waals surface area contributed by atoms with Gasteiger partial charge in [-0.1, -0.05) is 20.3 Å². The summed E-state index contributed by atoms with van der Waals surface area (Å²) < 4.78 is 0. The van der Waals surface area contributed by atoms with Gasteiger partial charge in [-0.25, -0.2) is 0 Å². The van der Waals surface area contributed by atoms with Gasteiger partial charge in [-0.2, -0.15) is 0 Å². The van der Waals surface area contributed by atoms with Crippen LogP contribution >= 0.6 is 0 Å². The van der Waals surface area contributed by atoms with E-state index in [2.05, 4.69) is 24.1 Å². The lowest BCUT2D eigenvalue weighted by Crippen LogP contribution is -2.49. The molecule has 0 amide bonds. The Kier molecular flexibility index (Phi) is 4.66. The van der Waals surface area contributed by atoms with E-state index in [1.807, 2.05) is 0 Å². The van der Waals surface area contributed by atoms with Crippen LogP contribution < -0.4 is 5.32 Å². The van der Waals surface area contributed by atoms with E-state index in [0.29, 0.717) is 0 Å². The molecule has 0 spiro atoms. The van der Waals surface area contributed by atoms with Gasteiger partial charge < -0.3 is 10.2 Å². The molecule has 1 aliphatic heterocycles. The SMILES string of the molecule is CCCN1CC(CC)CC(NCC2CC2)C1. The first kappa shape index (κ1) is 12.4. The van der Waals surface area contributed by atoms with Gasteiger partial charge in [0.1, 0.15) is 0 Å². The minimum atomic E-state index is 0.769. The summed E-state index contributed by atoms with van der Waals surface area (Å²) in [5.41, 5.74) is 0. The fourth-order valence-electron chi connectivity index (χ4n) is 2.90. The van der Waals surface area contributed by atoms with Crippen molar-refractivity contribution in [2.45, 2.75) is 52.0 Å². The van der Waals surface area contributed by atoms with Gasteiger partial charge in [0.05, 0.1) is 0 Å². The van der Waals surface area contributed by atoms with Crippen molar-refractivity contribution in [3.05, 3.63) is 0 Å². The van der Waals surface area contributed by atoms with Crippen LogP contribution in [0.1, 0.15) is 46.0 Å². The Morgan fingerprint density at radius 2 is 1.94 bits per heavy atom. The van der Waals surface area contributed by atoms with Gasteiger partial charge in [0.2, 0.25) is 0 Å². The van der Waals surface area contributed by atoms with Crippen LogP contribution in [0, 0.1) is 11.8 Å². The fraction of sp³-hybridized carbons (Fsp3) is 1.00. The van der Waals surface area contributed by atoms with Gasteiger partial charge in [-0.3, -0.25) is 0 Å². The first-order valence-electron chi connectivity index (χ1n) is 7.27. The lowest BCUT2D eigenvalue weighted by atomic mass is 9.92. The fourth-order valence-corrected chi connectivity index (χ4v) is 2.90. The summed E-state index contributed by atoms with van der Waals surface area (Å²) >= 11 is 0. The third kappa shape index (κ3) is 3.74. The van der Waals surface area contributed by atoms with Crippen LogP contribution in [-0.2, 0) is 0 Å². The van der Waals surface area contributed by atoms with Gasteiger partial charge in [0.25, 0.3) is 0 Å². The highest BCUT2D eigenvalue weighted by Crippen LogP contribution is 2.28. The second-order valence-corrected chi connectivity index (χ2v) is 5.82. The molecule has 0 aromatic heterocycles. The van der Waals surface area contributed by atoms with E-state index >= 15 is 0 Å². The summed E-state index contributed by atoms with van der Waals surface area (Å²) in [5, 5.41) is 3.79. The zero-order valence-electron chi connectivity index (χ0n) is 11.0. The molecule has 2 unspecified atom stereocenters. The highest BCUT2D eigenvalue weighted by Gasteiger charge is 2.27. The lowest BCUT2D eigenvalue weighted by molar-refractivity contribution is 0.138. The second-order valence-electron chi connectivity index (χ2n) is 5.82. The van der Waals surface area contributed by atoms with Crippen molar-refractivity contribution >= 4 is 0 Å². The minimum Gasteiger partial charge on any atom is -0.312 e. The average molecular weight is 224 g/mol. The quantitative estimate of drug-likeness (QED) is 0.746. The van der Waals surface area contributed by atoms with E-state index in [1.54, 1.807) is 0 Å². The Morgan fingerprint density at radius 1 is 1.12 bits per heavy atom. The Morgan fingerprint density at radius 3 is 2.56 bits per heavy atom. The summed E-state index contributed by atoms with van der Waals surface area (Å²) in [4.78, 5) is 2.67. The Balaban J connectivity index is 1.75. The molecule has 1 aliphatic carbocycles. The van der Waals surface area contributed by atoms with E-state index in [1.165, 1.54) is 58.3 Å². The van der Waals surface area contributed by atoms with E-state index < -0.39 is 0 Å². The molecule has 2 atom stereocenters. The Labute approximate surface area is 101 Å². The van der Waals surface area contributed by atoms with E-state index in [9.17, 15) is 0 Å². The first-order valence-corrected chi connectivity index (χ1v) is 7.27. The van der Waals surface area contributed by atoms with Crippen molar-refractivity contribution < 1.29 is 0 Å². The van der Waals surface area contributed by atoms with Gasteiger partial charge in [-0.15, -0.1) is 0 Å². The van der Waals surface area contributed by atoms with Crippen molar-refractivity contribution in [2.24, 2.45) is 11.8 Å². The minimum absolute atomic E-state index is 0.769. The van der Waals surface area contributed by atoms with Crippen LogP contribution in [0.15, 0.2) is 0 Å². The summed E-state index contributed by atoms with van der Waals surface area (Å²) in [6.07, 6.45) is 6.99.